The van der Waals surface area contributed by atoms with E-state index in [0.29, 0.717) is 17.4 Å². The van der Waals surface area contributed by atoms with Crippen molar-refractivity contribution in [2.75, 3.05) is 47.5 Å². The van der Waals surface area contributed by atoms with E-state index in [2.05, 4.69) is 62.5 Å². The summed E-state index contributed by atoms with van der Waals surface area (Å²) in [6, 6.07) is 0. The van der Waals surface area contributed by atoms with Crippen molar-refractivity contribution in [1.82, 2.24) is 0 Å². The van der Waals surface area contributed by atoms with Crippen LogP contribution in [0.4, 0.5) is 0 Å². The zero-order chi connectivity index (χ0) is 59.1. The number of unbranched alkanes of at least 4 members (excludes halogenated alkanes) is 42. The Morgan fingerprint density at radius 2 is 0.667 bits per heavy atom. The van der Waals surface area contributed by atoms with Gasteiger partial charge in [0.15, 0.2) is 12.4 Å². The van der Waals surface area contributed by atoms with Crippen molar-refractivity contribution in [2.45, 2.75) is 347 Å². The number of carbonyl (C=O) groups is 3. The van der Waals surface area contributed by atoms with Crippen LogP contribution < -0.4 is 5.11 Å². The molecule has 0 aromatic rings. The number of hydrogen-bond acceptors (Lipinski definition) is 8. The first kappa shape index (κ1) is 78.2. The molecule has 2 unspecified atom stereocenters. The highest BCUT2D eigenvalue weighted by molar-refractivity contribution is 5.70. The van der Waals surface area contributed by atoms with Crippen molar-refractivity contribution in [3.05, 3.63) is 48.6 Å². The first-order valence-electron chi connectivity index (χ1n) is 34.8. The summed E-state index contributed by atoms with van der Waals surface area (Å²) in [4.78, 5) is 37.4. The number of quaternary nitrogens is 1. The molecule has 0 N–H and O–H groups in total. The van der Waals surface area contributed by atoms with E-state index < -0.39 is 24.3 Å². The van der Waals surface area contributed by atoms with Gasteiger partial charge in [-0.2, -0.15) is 0 Å². The van der Waals surface area contributed by atoms with Crippen LogP contribution in [-0.4, -0.2) is 82.3 Å². The topological polar surface area (TPSA) is 111 Å². The molecule has 0 saturated carbocycles. The van der Waals surface area contributed by atoms with Gasteiger partial charge in [-0.25, -0.2) is 0 Å². The number of hydrogen-bond donors (Lipinski definition) is 0. The third kappa shape index (κ3) is 64.7. The van der Waals surface area contributed by atoms with Crippen molar-refractivity contribution < 1.29 is 42.9 Å². The summed E-state index contributed by atoms with van der Waals surface area (Å²) in [5.74, 6) is -2.27. The van der Waals surface area contributed by atoms with E-state index in [1.165, 1.54) is 257 Å². The van der Waals surface area contributed by atoms with E-state index in [1.807, 2.05) is 21.1 Å². The summed E-state index contributed by atoms with van der Waals surface area (Å²) in [6.45, 7) is 4.77. The molecule has 0 aromatic heterocycles. The molecule has 0 heterocycles. The minimum Gasteiger partial charge on any atom is -0.545 e. The van der Waals surface area contributed by atoms with Crippen LogP contribution in [0.15, 0.2) is 48.6 Å². The number of allylic oxidation sites excluding steroid dienone is 8. The summed E-state index contributed by atoms with van der Waals surface area (Å²) < 4.78 is 22.8. The van der Waals surface area contributed by atoms with E-state index in [1.54, 1.807) is 0 Å². The van der Waals surface area contributed by atoms with Gasteiger partial charge in [0.2, 0.25) is 0 Å². The van der Waals surface area contributed by atoms with Gasteiger partial charge in [0.25, 0.3) is 0 Å². The van der Waals surface area contributed by atoms with Gasteiger partial charge in [-0.3, -0.25) is 9.59 Å². The Hall–Kier alpha value is -2.75. The number of carbonyl (C=O) groups excluding carboxylic acids is 3. The van der Waals surface area contributed by atoms with E-state index in [4.69, 9.17) is 18.9 Å². The summed E-state index contributed by atoms with van der Waals surface area (Å²) in [5.41, 5.74) is 0. The van der Waals surface area contributed by atoms with Crippen LogP contribution in [-0.2, 0) is 33.3 Å². The molecule has 0 bridgehead atoms. The third-order valence-electron chi connectivity index (χ3n) is 15.5. The number of nitrogens with zero attached hydrogens (tertiary/aromatic N) is 1. The van der Waals surface area contributed by atoms with Gasteiger partial charge in [-0.15, -0.1) is 0 Å². The lowest BCUT2D eigenvalue weighted by Crippen LogP contribution is -2.44. The van der Waals surface area contributed by atoms with E-state index in [0.717, 1.165) is 44.9 Å². The Balaban J connectivity index is 4.04. The van der Waals surface area contributed by atoms with Crippen LogP contribution in [0.2, 0.25) is 0 Å². The molecule has 474 valence electrons. The molecule has 0 fully saturated rings. The highest BCUT2D eigenvalue weighted by Crippen LogP contribution is 2.18. The highest BCUT2D eigenvalue weighted by atomic mass is 16.7. The van der Waals surface area contributed by atoms with Gasteiger partial charge in [0, 0.05) is 12.8 Å². The zero-order valence-corrected chi connectivity index (χ0v) is 54.2. The van der Waals surface area contributed by atoms with Crippen LogP contribution >= 0.6 is 0 Å². The minimum absolute atomic E-state index is 0.148. The summed E-state index contributed by atoms with van der Waals surface area (Å²) in [5, 5.41) is 11.8. The number of aliphatic carboxylic acids is 1. The Morgan fingerprint density at radius 1 is 0.370 bits per heavy atom. The van der Waals surface area contributed by atoms with Crippen LogP contribution in [0, 0.1) is 0 Å². The predicted molar refractivity (Wildman–Crippen MR) is 343 cm³/mol. The molecule has 0 aromatic carbocycles. The maximum Gasteiger partial charge on any atom is 0.306 e. The average Bonchev–Trinajstić information content (AvgIpc) is 3.44. The number of carboxylic acids is 1. The SMILES string of the molecule is CCCCCCC/C=C\C/C=C\CCCCCCCCCCCCCCCCCCCCCCCCCC(=O)OC(COC(=O)CCCCCCCCCCC/C=C\C/C=C\CCCCCCC)COC(OCC[N+](C)(C)C)C(=O)[O-]. The lowest BCUT2D eigenvalue weighted by atomic mass is 10.0. The van der Waals surface area contributed by atoms with Crippen LogP contribution in [0.1, 0.15) is 335 Å². The molecule has 0 aliphatic heterocycles. The molecule has 0 aliphatic rings. The highest BCUT2D eigenvalue weighted by Gasteiger charge is 2.22. The summed E-state index contributed by atoms with van der Waals surface area (Å²) in [7, 11) is 5.94. The standard InChI is InChI=1S/C72H133NO8/c1-6-8-10-12-14-16-18-20-22-24-26-28-29-30-31-32-33-34-35-36-37-38-39-40-41-43-45-47-49-51-53-55-57-59-61-63-70(75)81-68(67-80-72(71(76)77)78-65-64-73(3,4)5)66-79-69(74)62-60-58-56-54-52-50-48-46-44-42-27-25-23-21-19-17-15-13-11-9-7-2/h18-21,24-27,68,72H,6-17,22-23,28-67H2,1-5H3/b20-18-,21-19-,26-24-,27-25-. The second kappa shape index (κ2) is 63.3. The first-order chi connectivity index (χ1) is 39.6. The number of carboxylic acid groups (broad SMARTS) is 1. The number of ether oxygens (including phenoxy) is 4. The predicted octanol–water partition coefficient (Wildman–Crippen LogP) is 20.0. The Kier molecular flexibility index (Phi) is 61.1. The van der Waals surface area contributed by atoms with Gasteiger partial charge in [-0.05, 0) is 77.0 Å². The molecular weight excluding hydrogens is 1010 g/mol. The maximum absolute atomic E-state index is 12.9. The van der Waals surface area contributed by atoms with Crippen molar-refractivity contribution in [2.24, 2.45) is 0 Å². The largest absolute Gasteiger partial charge is 0.545 e. The molecule has 0 amide bonds. The molecule has 9 heteroatoms. The summed E-state index contributed by atoms with van der Waals surface area (Å²) in [6.07, 6.45) is 77.7. The van der Waals surface area contributed by atoms with Gasteiger partial charge < -0.3 is 33.3 Å². The van der Waals surface area contributed by atoms with Gasteiger partial charge >= 0.3 is 11.9 Å². The molecule has 0 rings (SSSR count). The molecular formula is C72H133NO8. The number of likely N-dealkylation sites (N-methyl/N-ethyl adjacent to an activating group) is 1. The van der Waals surface area contributed by atoms with Gasteiger partial charge in [0.1, 0.15) is 13.2 Å². The monoisotopic (exact) mass is 1140 g/mol. The Labute approximate surface area is 502 Å². The fourth-order valence-electron chi connectivity index (χ4n) is 10.2. The zero-order valence-electron chi connectivity index (χ0n) is 54.2. The van der Waals surface area contributed by atoms with Crippen molar-refractivity contribution in [1.29, 1.82) is 0 Å². The molecule has 9 nitrogen and oxygen atoms in total. The van der Waals surface area contributed by atoms with E-state index >= 15 is 0 Å². The number of rotatable bonds is 65. The Bertz CT molecular complexity index is 1470. The van der Waals surface area contributed by atoms with Crippen molar-refractivity contribution in [3.63, 3.8) is 0 Å². The molecule has 81 heavy (non-hydrogen) atoms. The lowest BCUT2D eigenvalue weighted by molar-refractivity contribution is -0.870. The third-order valence-corrected chi connectivity index (χ3v) is 15.5. The molecule has 0 spiro atoms. The van der Waals surface area contributed by atoms with Gasteiger partial charge in [-0.1, -0.05) is 294 Å². The lowest BCUT2D eigenvalue weighted by Gasteiger charge is -2.26. The molecule has 2 atom stereocenters. The summed E-state index contributed by atoms with van der Waals surface area (Å²) >= 11 is 0. The molecule has 0 radical (unpaired) electrons. The van der Waals surface area contributed by atoms with Crippen molar-refractivity contribution in [3.8, 4) is 0 Å². The number of esters is 2. The first-order valence-corrected chi connectivity index (χ1v) is 34.8. The normalized spacial score (nSPS) is 13.0. The van der Waals surface area contributed by atoms with E-state index in [9.17, 15) is 19.5 Å². The smallest absolute Gasteiger partial charge is 0.306 e. The van der Waals surface area contributed by atoms with Crippen LogP contribution in [0.25, 0.3) is 0 Å². The van der Waals surface area contributed by atoms with Gasteiger partial charge in [0.05, 0.1) is 40.3 Å². The minimum atomic E-state index is -1.62. The fraction of sp³-hybridized carbons (Fsp3) is 0.847. The maximum atomic E-state index is 12.9. The Morgan fingerprint density at radius 3 is 0.975 bits per heavy atom. The second-order valence-corrected chi connectivity index (χ2v) is 24.8. The molecule has 0 saturated heterocycles. The average molecular weight is 1140 g/mol. The van der Waals surface area contributed by atoms with Crippen LogP contribution in [0.5, 0.6) is 0 Å². The second-order valence-electron chi connectivity index (χ2n) is 24.8. The van der Waals surface area contributed by atoms with E-state index in [-0.39, 0.29) is 38.6 Å². The van der Waals surface area contributed by atoms with Crippen LogP contribution in [0.3, 0.4) is 0 Å². The molecule has 0 aliphatic carbocycles. The van der Waals surface area contributed by atoms with Crippen molar-refractivity contribution >= 4 is 17.9 Å². The quantitative estimate of drug-likeness (QED) is 0.0195. The fourth-order valence-corrected chi connectivity index (χ4v) is 10.2.